The first kappa shape index (κ1) is 29.5. The molecule has 35 heavy (non-hydrogen) atoms. The summed E-state index contributed by atoms with van der Waals surface area (Å²) in [7, 11) is -6.04. The van der Waals surface area contributed by atoms with E-state index in [1.807, 2.05) is 13.8 Å². The fourth-order valence-electron chi connectivity index (χ4n) is 4.21. The third-order valence-electron chi connectivity index (χ3n) is 7.68. The van der Waals surface area contributed by atoms with Gasteiger partial charge in [0.1, 0.15) is 6.10 Å². The van der Waals surface area contributed by atoms with Crippen molar-refractivity contribution in [1.82, 2.24) is 4.31 Å². The van der Waals surface area contributed by atoms with Gasteiger partial charge in [-0.05, 0) is 63.4 Å². The minimum absolute atomic E-state index is 0.00637. The summed E-state index contributed by atoms with van der Waals surface area (Å²) in [6, 6.07) is 6.04. The summed E-state index contributed by atoms with van der Waals surface area (Å²) in [5.41, 5.74) is 0.597. The number of ether oxygens (including phenoxy) is 1. The highest BCUT2D eigenvalue weighted by molar-refractivity contribution is 7.90. The smallest absolute Gasteiger partial charge is 0.311 e. The number of fused-ring (bicyclic) bond motifs is 1. The highest BCUT2D eigenvalue weighted by Crippen LogP contribution is 2.41. The number of rotatable bonds is 9. The van der Waals surface area contributed by atoms with Crippen molar-refractivity contribution >= 4 is 30.2 Å². The first-order chi connectivity index (χ1) is 16.0. The van der Waals surface area contributed by atoms with Crippen molar-refractivity contribution < 1.29 is 27.2 Å². The molecule has 7 nitrogen and oxygen atoms in total. The van der Waals surface area contributed by atoms with Crippen LogP contribution in [0.15, 0.2) is 29.2 Å². The lowest BCUT2D eigenvalue weighted by Crippen LogP contribution is -2.47. The van der Waals surface area contributed by atoms with Crippen molar-refractivity contribution in [2.24, 2.45) is 11.8 Å². The largest absolute Gasteiger partial charge is 0.461 e. The molecule has 1 aliphatic heterocycles. The van der Waals surface area contributed by atoms with Gasteiger partial charge in [0.05, 0.1) is 28.9 Å². The van der Waals surface area contributed by atoms with Gasteiger partial charge in [-0.15, -0.1) is 0 Å². The van der Waals surface area contributed by atoms with Crippen LogP contribution >= 0.6 is 0 Å². The second-order valence-electron chi connectivity index (χ2n) is 11.1. The van der Waals surface area contributed by atoms with Crippen LogP contribution in [0.25, 0.3) is 0 Å². The van der Waals surface area contributed by atoms with Crippen LogP contribution in [0.4, 0.5) is 0 Å². The van der Waals surface area contributed by atoms with Gasteiger partial charge in [0.15, 0.2) is 8.32 Å². The number of esters is 1. The maximum Gasteiger partial charge on any atom is 0.311 e. The lowest BCUT2D eigenvalue weighted by atomic mass is 9.99. The van der Waals surface area contributed by atoms with E-state index in [9.17, 15) is 18.0 Å². The Bertz CT molecular complexity index is 1030. The Balaban J connectivity index is 2.18. The molecular weight excluding hydrogens is 482 g/mol. The van der Waals surface area contributed by atoms with Gasteiger partial charge in [-0.25, -0.2) is 12.7 Å². The molecule has 9 heteroatoms. The van der Waals surface area contributed by atoms with Crippen molar-refractivity contribution in [3.8, 4) is 0 Å². The molecule has 2 rings (SSSR count). The Kier molecular flexibility index (Phi) is 9.04. The number of hydrogen-bond acceptors (Lipinski definition) is 6. The number of amides is 1. The van der Waals surface area contributed by atoms with Crippen molar-refractivity contribution in [3.63, 3.8) is 0 Å². The highest BCUT2D eigenvalue weighted by Gasteiger charge is 2.46. The van der Waals surface area contributed by atoms with Gasteiger partial charge in [0, 0.05) is 0 Å². The minimum Gasteiger partial charge on any atom is -0.461 e. The molecule has 1 aromatic carbocycles. The minimum atomic E-state index is -3.95. The normalized spacial score (nSPS) is 21.1. The van der Waals surface area contributed by atoms with Crippen molar-refractivity contribution in [2.45, 2.75) is 110 Å². The number of sulfonamides is 1. The molecule has 1 aliphatic rings. The molecule has 1 heterocycles. The summed E-state index contributed by atoms with van der Waals surface area (Å²) in [4.78, 5) is 26.7. The second kappa shape index (κ2) is 10.7. The molecule has 0 aromatic heterocycles. The number of carbonyl (C=O) groups is 2. The Morgan fingerprint density at radius 2 is 1.57 bits per heavy atom. The van der Waals surface area contributed by atoms with Gasteiger partial charge in [-0.1, -0.05) is 52.8 Å². The van der Waals surface area contributed by atoms with Gasteiger partial charge in [0.25, 0.3) is 10.0 Å². The molecule has 198 valence electrons. The maximum absolute atomic E-state index is 13.4. The molecule has 0 spiro atoms. The predicted molar refractivity (Wildman–Crippen MR) is 140 cm³/mol. The molecule has 1 amide bonds. The third kappa shape index (κ3) is 5.83. The number of hydrogen-bond donors (Lipinski definition) is 0. The van der Waals surface area contributed by atoms with Gasteiger partial charge < -0.3 is 9.16 Å². The molecule has 0 saturated heterocycles. The van der Waals surface area contributed by atoms with Gasteiger partial charge in [0.2, 0.25) is 5.91 Å². The summed E-state index contributed by atoms with van der Waals surface area (Å²) >= 11 is 0. The molecule has 1 aromatic rings. The molecule has 0 radical (unpaired) electrons. The zero-order chi connectivity index (χ0) is 26.9. The van der Waals surface area contributed by atoms with Crippen molar-refractivity contribution in [2.75, 3.05) is 0 Å². The highest BCUT2D eigenvalue weighted by atomic mass is 32.2. The predicted octanol–water partition coefficient (Wildman–Crippen LogP) is 5.67. The van der Waals surface area contributed by atoms with Crippen LogP contribution in [0.5, 0.6) is 0 Å². The lowest BCUT2D eigenvalue weighted by molar-refractivity contribution is -0.162. The Labute approximate surface area is 212 Å². The van der Waals surface area contributed by atoms with Gasteiger partial charge in [-0.3, -0.25) is 9.59 Å². The Morgan fingerprint density at radius 1 is 1.03 bits per heavy atom. The average molecular weight is 526 g/mol. The fraction of sp³-hybridized carbons (Fsp3) is 0.692. The first-order valence-corrected chi connectivity index (χ1v) is 16.9. The van der Waals surface area contributed by atoms with Crippen molar-refractivity contribution in [1.29, 1.82) is 0 Å². The average Bonchev–Trinajstić information content (AvgIpc) is 2.98. The van der Waals surface area contributed by atoms with Crippen LogP contribution in [0.3, 0.4) is 0 Å². The second-order valence-corrected chi connectivity index (χ2v) is 17.7. The topological polar surface area (TPSA) is 90.0 Å². The summed E-state index contributed by atoms with van der Waals surface area (Å²) in [5, 5.41) is 0.00637. The molecule has 5 atom stereocenters. The summed E-state index contributed by atoms with van der Waals surface area (Å²) in [5.74, 6) is -2.32. The van der Waals surface area contributed by atoms with E-state index in [0.29, 0.717) is 18.4 Å². The van der Waals surface area contributed by atoms with Crippen LogP contribution in [0, 0.1) is 11.8 Å². The van der Waals surface area contributed by atoms with Crippen LogP contribution in [-0.4, -0.2) is 45.1 Å². The van der Waals surface area contributed by atoms with E-state index < -0.39 is 54.2 Å². The summed E-state index contributed by atoms with van der Waals surface area (Å²) < 4.78 is 39.5. The zero-order valence-corrected chi connectivity index (χ0v) is 24.7. The fourth-order valence-corrected chi connectivity index (χ4v) is 7.62. The summed E-state index contributed by atoms with van der Waals surface area (Å²) in [6.07, 6.45) is 0.0189. The molecule has 0 fully saturated rings. The van der Waals surface area contributed by atoms with Crippen LogP contribution in [0.2, 0.25) is 18.1 Å². The molecular formula is C26H43NO6SSi. The zero-order valence-electron chi connectivity index (χ0n) is 22.9. The SMILES string of the molecule is CC[C@H](O[Si](C)(C)C(C)(C)C)[C@H](C)C(=O)O[C@@H](CC)[C@@H](C)C(=O)N1[C@H](C)c2ccccc2S1(=O)=O. The molecule has 0 unspecified atom stereocenters. The number of benzene rings is 1. The number of carbonyl (C=O) groups excluding carboxylic acids is 2. The standard InChI is InChI=1S/C26H43NO6SSi/c1-11-21(32-25(29)18(4)22(12-2)33-35(9,10)26(6,7)8)17(3)24(28)27-19(5)20-15-13-14-16-23(20)34(27,30)31/h13-19,21-22H,11-12H2,1-10H3/t17-,18+,19-,21+,22+/m1/s1. The van der Waals surface area contributed by atoms with Crippen LogP contribution in [-0.2, 0) is 28.8 Å². The molecule has 0 N–H and O–H groups in total. The van der Waals surface area contributed by atoms with E-state index >= 15 is 0 Å². The van der Waals surface area contributed by atoms with E-state index in [1.165, 1.54) is 6.07 Å². The van der Waals surface area contributed by atoms with E-state index in [0.717, 1.165) is 4.31 Å². The lowest BCUT2D eigenvalue weighted by Gasteiger charge is -2.40. The van der Waals surface area contributed by atoms with E-state index in [4.69, 9.17) is 9.16 Å². The molecule has 0 aliphatic carbocycles. The molecule has 0 saturated carbocycles. The first-order valence-electron chi connectivity index (χ1n) is 12.6. The third-order valence-corrected chi connectivity index (χ3v) is 14.1. The Morgan fingerprint density at radius 3 is 2.06 bits per heavy atom. The van der Waals surface area contributed by atoms with Gasteiger partial charge in [-0.2, -0.15) is 0 Å². The monoisotopic (exact) mass is 525 g/mol. The van der Waals surface area contributed by atoms with Gasteiger partial charge >= 0.3 is 5.97 Å². The quantitative estimate of drug-likeness (QED) is 0.305. The van der Waals surface area contributed by atoms with E-state index in [-0.39, 0.29) is 16.0 Å². The maximum atomic E-state index is 13.4. The number of nitrogens with zero attached hydrogens (tertiary/aromatic N) is 1. The van der Waals surface area contributed by atoms with E-state index in [2.05, 4.69) is 33.9 Å². The Hall–Kier alpha value is -1.71. The molecule has 0 bridgehead atoms. The van der Waals surface area contributed by atoms with Crippen molar-refractivity contribution in [3.05, 3.63) is 29.8 Å². The summed E-state index contributed by atoms with van der Waals surface area (Å²) in [6.45, 7) is 19.7. The van der Waals surface area contributed by atoms with E-state index in [1.54, 1.807) is 39.0 Å². The van der Waals surface area contributed by atoms with Crippen LogP contribution < -0.4 is 0 Å². The van der Waals surface area contributed by atoms with Crippen LogP contribution in [0.1, 0.15) is 79.8 Å².